The standard InChI is InChI=1S/C9H17NO.C2H6.FH/c1-11-8-9-4-2-6-10(9)7-3-5-9;1-2;/h2-8H2,1H3;1-2H3;1H. The van der Waals surface area contributed by atoms with Crippen LogP contribution >= 0.6 is 0 Å². The lowest BCUT2D eigenvalue weighted by atomic mass is 9.95. The molecular weight excluding hydrogens is 181 g/mol. The number of hydrogen-bond donors (Lipinski definition) is 0. The molecule has 0 aliphatic carbocycles. The molecule has 2 heterocycles. The zero-order valence-corrected chi connectivity index (χ0v) is 9.71. The monoisotopic (exact) mass is 205 g/mol. The highest BCUT2D eigenvalue weighted by Crippen LogP contribution is 2.38. The van der Waals surface area contributed by atoms with Crippen LogP contribution in [0, 0.1) is 0 Å². The first-order chi connectivity index (χ1) is 6.37. The molecule has 0 unspecified atom stereocenters. The van der Waals surface area contributed by atoms with Crippen LogP contribution in [-0.4, -0.2) is 37.2 Å². The minimum Gasteiger partial charge on any atom is -0.383 e. The topological polar surface area (TPSA) is 12.5 Å². The van der Waals surface area contributed by atoms with Crippen LogP contribution in [0.5, 0.6) is 0 Å². The van der Waals surface area contributed by atoms with Crippen LogP contribution < -0.4 is 0 Å². The van der Waals surface area contributed by atoms with Gasteiger partial charge in [0.05, 0.1) is 6.61 Å². The molecular formula is C11H24FNO. The highest BCUT2D eigenvalue weighted by molar-refractivity contribution is 4.99. The predicted molar refractivity (Wildman–Crippen MR) is 58.5 cm³/mol. The van der Waals surface area contributed by atoms with Crippen LogP contribution in [-0.2, 0) is 4.74 Å². The lowest BCUT2D eigenvalue weighted by Gasteiger charge is -2.30. The summed E-state index contributed by atoms with van der Waals surface area (Å²) in [7, 11) is 1.82. The Morgan fingerprint density at radius 3 is 2.07 bits per heavy atom. The summed E-state index contributed by atoms with van der Waals surface area (Å²) in [4.78, 5) is 2.62. The van der Waals surface area contributed by atoms with E-state index in [2.05, 4.69) is 4.90 Å². The Labute approximate surface area is 87.0 Å². The van der Waals surface area contributed by atoms with E-state index in [9.17, 15) is 0 Å². The van der Waals surface area contributed by atoms with Crippen molar-refractivity contribution in [3.8, 4) is 0 Å². The first-order valence-corrected chi connectivity index (χ1v) is 5.61. The second-order valence-corrected chi connectivity index (χ2v) is 3.85. The number of fused-ring (bicyclic) bond motifs is 1. The number of halogens is 1. The summed E-state index contributed by atoms with van der Waals surface area (Å²) < 4.78 is 5.29. The maximum atomic E-state index is 5.29. The van der Waals surface area contributed by atoms with Crippen LogP contribution in [0.3, 0.4) is 0 Å². The van der Waals surface area contributed by atoms with Crippen molar-refractivity contribution in [3.05, 3.63) is 0 Å². The Bertz CT molecular complexity index is 142. The Hall–Kier alpha value is -0.150. The van der Waals surface area contributed by atoms with Crippen LogP contribution in [0.15, 0.2) is 0 Å². The average molecular weight is 205 g/mol. The molecule has 0 aromatic carbocycles. The number of nitrogens with zero attached hydrogens (tertiary/aromatic N) is 1. The highest BCUT2D eigenvalue weighted by Gasteiger charge is 2.43. The van der Waals surface area contributed by atoms with Crippen molar-refractivity contribution in [1.29, 1.82) is 0 Å². The molecule has 0 N–H and O–H groups in total. The van der Waals surface area contributed by atoms with Crippen molar-refractivity contribution in [3.63, 3.8) is 0 Å². The van der Waals surface area contributed by atoms with Crippen molar-refractivity contribution in [1.82, 2.24) is 4.90 Å². The third kappa shape index (κ3) is 2.45. The Morgan fingerprint density at radius 1 is 1.14 bits per heavy atom. The smallest absolute Gasteiger partial charge is 0.0646 e. The fourth-order valence-electron chi connectivity index (χ4n) is 2.73. The summed E-state index contributed by atoms with van der Waals surface area (Å²) in [6.07, 6.45) is 5.48. The molecule has 0 spiro atoms. The lowest BCUT2D eigenvalue weighted by molar-refractivity contribution is 0.0655. The van der Waals surface area contributed by atoms with Gasteiger partial charge in [-0.1, -0.05) is 13.8 Å². The van der Waals surface area contributed by atoms with Crippen LogP contribution in [0.2, 0.25) is 0 Å². The number of ether oxygens (including phenoxy) is 1. The van der Waals surface area contributed by atoms with E-state index in [0.717, 1.165) is 6.61 Å². The van der Waals surface area contributed by atoms with Crippen LogP contribution in [0.25, 0.3) is 0 Å². The molecule has 2 aliphatic rings. The molecule has 3 heteroatoms. The highest BCUT2D eigenvalue weighted by atomic mass is 19.0. The van der Waals surface area contributed by atoms with Gasteiger partial charge in [0.25, 0.3) is 0 Å². The fourth-order valence-corrected chi connectivity index (χ4v) is 2.73. The van der Waals surface area contributed by atoms with Gasteiger partial charge in [-0.05, 0) is 38.8 Å². The Balaban J connectivity index is 0.000000531. The average Bonchev–Trinajstić information content (AvgIpc) is 2.67. The third-order valence-electron chi connectivity index (χ3n) is 3.22. The molecule has 2 saturated heterocycles. The molecule has 2 aliphatic heterocycles. The summed E-state index contributed by atoms with van der Waals surface area (Å²) >= 11 is 0. The van der Waals surface area contributed by atoms with Gasteiger partial charge >= 0.3 is 0 Å². The number of rotatable bonds is 2. The number of methoxy groups -OCH3 is 1. The predicted octanol–water partition coefficient (Wildman–Crippen LogP) is 2.44. The van der Waals surface area contributed by atoms with Gasteiger partial charge in [0.2, 0.25) is 0 Å². The Kier molecular flexibility index (Phi) is 6.29. The van der Waals surface area contributed by atoms with E-state index < -0.39 is 0 Å². The quantitative estimate of drug-likeness (QED) is 0.686. The zero-order valence-electron chi connectivity index (χ0n) is 9.71. The maximum Gasteiger partial charge on any atom is 0.0646 e. The minimum atomic E-state index is 0. The van der Waals surface area contributed by atoms with E-state index in [0.29, 0.717) is 5.54 Å². The molecule has 0 bridgehead atoms. The maximum absolute atomic E-state index is 5.29. The van der Waals surface area contributed by atoms with E-state index in [1.165, 1.54) is 38.8 Å². The third-order valence-corrected chi connectivity index (χ3v) is 3.22. The second-order valence-electron chi connectivity index (χ2n) is 3.85. The van der Waals surface area contributed by atoms with Gasteiger partial charge in [0, 0.05) is 12.6 Å². The SMILES string of the molecule is CC.COCC12CCCN1CCC2.F. The van der Waals surface area contributed by atoms with Crippen molar-refractivity contribution in [2.45, 2.75) is 45.1 Å². The van der Waals surface area contributed by atoms with Crippen LogP contribution in [0.1, 0.15) is 39.5 Å². The summed E-state index contributed by atoms with van der Waals surface area (Å²) in [5.74, 6) is 0. The molecule has 2 fully saturated rings. The summed E-state index contributed by atoms with van der Waals surface area (Å²) in [6, 6.07) is 0. The summed E-state index contributed by atoms with van der Waals surface area (Å²) in [5.41, 5.74) is 0.467. The van der Waals surface area contributed by atoms with Crippen molar-refractivity contribution in [2.24, 2.45) is 0 Å². The van der Waals surface area contributed by atoms with Gasteiger partial charge in [-0.15, -0.1) is 0 Å². The molecule has 86 valence electrons. The lowest BCUT2D eigenvalue weighted by Crippen LogP contribution is -2.42. The molecule has 0 amide bonds. The Morgan fingerprint density at radius 2 is 1.64 bits per heavy atom. The molecule has 14 heavy (non-hydrogen) atoms. The fraction of sp³-hybridized carbons (Fsp3) is 1.00. The zero-order chi connectivity index (χ0) is 9.73. The molecule has 2 rings (SSSR count). The van der Waals surface area contributed by atoms with E-state index in [1.54, 1.807) is 0 Å². The van der Waals surface area contributed by atoms with Gasteiger partial charge in [0.15, 0.2) is 0 Å². The van der Waals surface area contributed by atoms with Crippen molar-refractivity contribution in [2.75, 3.05) is 26.8 Å². The first kappa shape index (κ1) is 13.8. The van der Waals surface area contributed by atoms with E-state index in [-0.39, 0.29) is 4.70 Å². The van der Waals surface area contributed by atoms with Crippen molar-refractivity contribution < 1.29 is 9.44 Å². The van der Waals surface area contributed by atoms with Gasteiger partial charge in [0.1, 0.15) is 0 Å². The molecule has 2 nitrogen and oxygen atoms in total. The minimum absolute atomic E-state index is 0. The second kappa shape index (κ2) is 6.36. The van der Waals surface area contributed by atoms with Gasteiger partial charge in [-0.2, -0.15) is 0 Å². The van der Waals surface area contributed by atoms with E-state index in [1.807, 2.05) is 21.0 Å². The summed E-state index contributed by atoms with van der Waals surface area (Å²) in [5, 5.41) is 0. The largest absolute Gasteiger partial charge is 0.383 e. The molecule has 0 saturated carbocycles. The molecule has 0 aromatic rings. The van der Waals surface area contributed by atoms with E-state index >= 15 is 0 Å². The van der Waals surface area contributed by atoms with Gasteiger partial charge in [-0.25, -0.2) is 0 Å². The normalized spacial score (nSPS) is 23.4. The van der Waals surface area contributed by atoms with Gasteiger partial charge in [-0.3, -0.25) is 9.60 Å². The summed E-state index contributed by atoms with van der Waals surface area (Å²) in [6.45, 7) is 7.57. The van der Waals surface area contributed by atoms with Gasteiger partial charge < -0.3 is 4.74 Å². The first-order valence-electron chi connectivity index (χ1n) is 5.61. The van der Waals surface area contributed by atoms with E-state index in [4.69, 9.17) is 4.74 Å². The van der Waals surface area contributed by atoms with Crippen LogP contribution in [0.4, 0.5) is 4.70 Å². The molecule has 0 atom stereocenters. The molecule has 0 aromatic heterocycles. The molecule has 0 radical (unpaired) electrons. The number of hydrogen-bond acceptors (Lipinski definition) is 2. The van der Waals surface area contributed by atoms with Crippen molar-refractivity contribution >= 4 is 0 Å².